The number of hydrogen-bond donors (Lipinski definition) is 2. The number of halogens is 1. The first-order chi connectivity index (χ1) is 9.62. The van der Waals surface area contributed by atoms with Crippen LogP contribution in [-0.2, 0) is 4.74 Å². The summed E-state index contributed by atoms with van der Waals surface area (Å²) in [7, 11) is 1.63. The van der Waals surface area contributed by atoms with Gasteiger partial charge in [-0.25, -0.2) is 0 Å². The third-order valence-corrected chi connectivity index (χ3v) is 3.22. The summed E-state index contributed by atoms with van der Waals surface area (Å²) in [6.45, 7) is 5.41. The minimum atomic E-state index is -0.130. The number of rotatable bonds is 8. The van der Waals surface area contributed by atoms with Gasteiger partial charge in [0.2, 0.25) is 0 Å². The summed E-state index contributed by atoms with van der Waals surface area (Å²) in [5, 5.41) is 6.76. The first-order valence-electron chi connectivity index (χ1n) is 6.95. The maximum atomic E-state index is 12.4. The van der Waals surface area contributed by atoms with Gasteiger partial charge in [-0.1, -0.05) is 25.4 Å². The molecule has 0 bridgehead atoms. The number of carbonyl (C=O) groups is 1. The van der Waals surface area contributed by atoms with Crippen LogP contribution in [0, 0.1) is 0 Å². The molecule has 0 fully saturated rings. The van der Waals surface area contributed by atoms with E-state index < -0.39 is 0 Å². The molecule has 0 aliphatic carbocycles. The predicted octanol–water partition coefficient (Wildman–Crippen LogP) is 3.32. The van der Waals surface area contributed by atoms with E-state index in [1.165, 1.54) is 0 Å². The maximum absolute atomic E-state index is 12.4. The van der Waals surface area contributed by atoms with E-state index in [-0.39, 0.29) is 11.9 Å². The summed E-state index contributed by atoms with van der Waals surface area (Å²) in [6, 6.07) is 5.31. The normalized spacial score (nSPS) is 12.0. The van der Waals surface area contributed by atoms with E-state index in [4.69, 9.17) is 16.3 Å². The molecule has 4 nitrogen and oxygen atoms in total. The molecule has 0 saturated carbocycles. The molecule has 1 aromatic carbocycles. The fourth-order valence-electron chi connectivity index (χ4n) is 1.84. The molecule has 1 unspecified atom stereocenters. The summed E-state index contributed by atoms with van der Waals surface area (Å²) >= 11 is 5.99. The molecule has 1 amide bonds. The highest BCUT2D eigenvalue weighted by atomic mass is 35.5. The molecule has 1 rings (SSSR count). The van der Waals surface area contributed by atoms with Gasteiger partial charge in [0.1, 0.15) is 0 Å². The van der Waals surface area contributed by atoms with Crippen LogP contribution in [0.3, 0.4) is 0 Å². The summed E-state index contributed by atoms with van der Waals surface area (Å²) in [5.74, 6) is -0.130. The zero-order chi connectivity index (χ0) is 15.0. The van der Waals surface area contributed by atoms with Crippen molar-refractivity contribution in [2.75, 3.05) is 25.6 Å². The van der Waals surface area contributed by atoms with Crippen LogP contribution in [-0.4, -0.2) is 32.2 Å². The Morgan fingerprint density at radius 1 is 1.40 bits per heavy atom. The lowest BCUT2D eigenvalue weighted by Gasteiger charge is -2.18. The number of hydrogen-bond acceptors (Lipinski definition) is 3. The van der Waals surface area contributed by atoms with Gasteiger partial charge < -0.3 is 15.4 Å². The van der Waals surface area contributed by atoms with Gasteiger partial charge in [-0.15, -0.1) is 0 Å². The Labute approximate surface area is 125 Å². The van der Waals surface area contributed by atoms with Crippen LogP contribution >= 0.6 is 11.6 Å². The quantitative estimate of drug-likeness (QED) is 0.774. The van der Waals surface area contributed by atoms with E-state index >= 15 is 0 Å². The topological polar surface area (TPSA) is 50.4 Å². The second-order valence-electron chi connectivity index (χ2n) is 4.65. The number of methoxy groups -OCH3 is 1. The van der Waals surface area contributed by atoms with E-state index in [1.54, 1.807) is 19.2 Å². The van der Waals surface area contributed by atoms with Gasteiger partial charge in [0.25, 0.3) is 5.91 Å². The average Bonchev–Trinajstić information content (AvgIpc) is 2.45. The van der Waals surface area contributed by atoms with Crippen LogP contribution in [0.4, 0.5) is 5.69 Å². The Morgan fingerprint density at radius 3 is 2.75 bits per heavy atom. The molecule has 20 heavy (non-hydrogen) atoms. The molecule has 0 saturated heterocycles. The molecule has 1 aromatic rings. The van der Waals surface area contributed by atoms with Crippen LogP contribution in [0.15, 0.2) is 18.2 Å². The van der Waals surface area contributed by atoms with Crippen molar-refractivity contribution in [2.24, 2.45) is 0 Å². The summed E-state index contributed by atoms with van der Waals surface area (Å²) in [4.78, 5) is 12.4. The van der Waals surface area contributed by atoms with E-state index in [0.29, 0.717) is 17.2 Å². The smallest absolute Gasteiger partial charge is 0.253 e. The Morgan fingerprint density at radius 2 is 2.15 bits per heavy atom. The predicted molar refractivity (Wildman–Crippen MR) is 83.7 cm³/mol. The molecular formula is C15H23ClN2O2. The Hall–Kier alpha value is -1.26. The van der Waals surface area contributed by atoms with Crippen molar-refractivity contribution >= 4 is 23.2 Å². The van der Waals surface area contributed by atoms with Crippen molar-refractivity contribution < 1.29 is 9.53 Å². The minimum Gasteiger partial charge on any atom is -0.384 e. The second kappa shape index (κ2) is 8.82. The molecule has 0 aliphatic rings. The molecule has 0 heterocycles. The molecule has 5 heteroatoms. The summed E-state index contributed by atoms with van der Waals surface area (Å²) < 4.78 is 5.09. The number of benzene rings is 1. The first kappa shape index (κ1) is 16.8. The molecule has 0 aliphatic heterocycles. The highest BCUT2D eigenvalue weighted by molar-refractivity contribution is 6.31. The SMILES string of the molecule is CCCNc1ccc(Cl)cc1C(=O)NC(CC)COC. The van der Waals surface area contributed by atoms with Crippen LogP contribution in [0.25, 0.3) is 0 Å². The lowest BCUT2D eigenvalue weighted by Crippen LogP contribution is -2.37. The zero-order valence-corrected chi connectivity index (χ0v) is 13.1. The number of anilines is 1. The van der Waals surface area contributed by atoms with Gasteiger partial charge in [-0.3, -0.25) is 4.79 Å². The molecule has 1 atom stereocenters. The third-order valence-electron chi connectivity index (χ3n) is 2.99. The van der Waals surface area contributed by atoms with Crippen molar-refractivity contribution in [3.63, 3.8) is 0 Å². The van der Waals surface area contributed by atoms with E-state index in [2.05, 4.69) is 17.6 Å². The van der Waals surface area contributed by atoms with Crippen molar-refractivity contribution in [2.45, 2.75) is 32.7 Å². The fourth-order valence-corrected chi connectivity index (χ4v) is 2.02. The van der Waals surface area contributed by atoms with Crippen molar-refractivity contribution in [1.29, 1.82) is 0 Å². The fraction of sp³-hybridized carbons (Fsp3) is 0.533. The standard InChI is InChI=1S/C15H23ClN2O2/c1-4-8-17-14-7-6-11(16)9-13(14)15(19)18-12(5-2)10-20-3/h6-7,9,12,17H,4-5,8,10H2,1-3H3,(H,18,19). The average molecular weight is 299 g/mol. The summed E-state index contributed by atoms with van der Waals surface area (Å²) in [6.07, 6.45) is 1.81. The first-order valence-corrected chi connectivity index (χ1v) is 7.33. The molecule has 0 spiro atoms. The van der Waals surface area contributed by atoms with Crippen molar-refractivity contribution in [3.8, 4) is 0 Å². The van der Waals surface area contributed by atoms with E-state index in [0.717, 1.165) is 25.1 Å². The lowest BCUT2D eigenvalue weighted by molar-refractivity contribution is 0.0895. The number of carbonyl (C=O) groups excluding carboxylic acids is 1. The van der Waals surface area contributed by atoms with Crippen LogP contribution in [0.1, 0.15) is 37.0 Å². The molecule has 0 aromatic heterocycles. The Bertz CT molecular complexity index is 438. The van der Waals surface area contributed by atoms with Gasteiger partial charge >= 0.3 is 0 Å². The zero-order valence-electron chi connectivity index (χ0n) is 12.3. The number of amides is 1. The monoisotopic (exact) mass is 298 g/mol. The van der Waals surface area contributed by atoms with Gasteiger partial charge in [0.05, 0.1) is 18.2 Å². The van der Waals surface area contributed by atoms with E-state index in [9.17, 15) is 4.79 Å². The maximum Gasteiger partial charge on any atom is 0.253 e. The molecule has 112 valence electrons. The minimum absolute atomic E-state index is 0.00510. The van der Waals surface area contributed by atoms with Gasteiger partial charge in [-0.05, 0) is 31.0 Å². The lowest BCUT2D eigenvalue weighted by atomic mass is 10.1. The number of ether oxygens (including phenoxy) is 1. The van der Waals surface area contributed by atoms with Crippen molar-refractivity contribution in [3.05, 3.63) is 28.8 Å². The van der Waals surface area contributed by atoms with Gasteiger partial charge in [0, 0.05) is 24.4 Å². The molecule has 2 N–H and O–H groups in total. The third kappa shape index (κ3) is 5.02. The molecule has 0 radical (unpaired) electrons. The highest BCUT2D eigenvalue weighted by Crippen LogP contribution is 2.21. The van der Waals surface area contributed by atoms with Gasteiger partial charge in [0.15, 0.2) is 0 Å². The Kier molecular flexibility index (Phi) is 7.41. The van der Waals surface area contributed by atoms with Crippen LogP contribution < -0.4 is 10.6 Å². The van der Waals surface area contributed by atoms with E-state index in [1.807, 2.05) is 13.0 Å². The largest absolute Gasteiger partial charge is 0.384 e. The summed E-state index contributed by atoms with van der Waals surface area (Å²) in [5.41, 5.74) is 1.38. The highest BCUT2D eigenvalue weighted by Gasteiger charge is 2.15. The second-order valence-corrected chi connectivity index (χ2v) is 5.09. The van der Waals surface area contributed by atoms with Crippen LogP contribution in [0.2, 0.25) is 5.02 Å². The van der Waals surface area contributed by atoms with Crippen molar-refractivity contribution in [1.82, 2.24) is 5.32 Å². The van der Waals surface area contributed by atoms with Crippen LogP contribution in [0.5, 0.6) is 0 Å². The number of nitrogens with one attached hydrogen (secondary N) is 2. The van der Waals surface area contributed by atoms with Gasteiger partial charge in [-0.2, -0.15) is 0 Å². The Balaban J connectivity index is 2.86. The molecular weight excluding hydrogens is 276 g/mol.